The first-order chi connectivity index (χ1) is 3.37. The Bertz CT molecular complexity index is 115. The lowest BCUT2D eigenvalue weighted by atomic mass is 10.0. The third kappa shape index (κ3) is 0.154. The van der Waals surface area contributed by atoms with Crippen molar-refractivity contribution in [2.24, 2.45) is 10.8 Å². The number of hydrogen-bond donors (Lipinski definition) is 0. The fraction of sp³-hybridized carbons (Fsp3) is 1.00. The van der Waals surface area contributed by atoms with E-state index in [-0.39, 0.29) is 0 Å². The lowest BCUT2D eigenvalue weighted by molar-refractivity contribution is 0.484. The van der Waals surface area contributed by atoms with Gasteiger partial charge in [0.1, 0.15) is 0 Å². The van der Waals surface area contributed by atoms with Gasteiger partial charge < -0.3 is 0 Å². The summed E-state index contributed by atoms with van der Waals surface area (Å²) >= 11 is 0. The minimum absolute atomic E-state index is 1.01. The predicted molar refractivity (Wildman–Crippen MR) is 28.0 cm³/mol. The molecular weight excluding hydrogens is 84.1 g/mol. The zero-order valence-corrected chi connectivity index (χ0v) is 4.54. The fourth-order valence-electron chi connectivity index (χ4n) is 2.80. The van der Waals surface area contributed by atoms with E-state index >= 15 is 0 Å². The Balaban J connectivity index is 2.15. The molecule has 0 spiro atoms. The minimum Gasteiger partial charge on any atom is -0.0522 e. The van der Waals surface area contributed by atoms with Gasteiger partial charge in [0.2, 0.25) is 0 Å². The topological polar surface area (TPSA) is 0 Å². The molecule has 3 fully saturated rings. The summed E-state index contributed by atoms with van der Waals surface area (Å²) in [5.41, 5.74) is 2.01. The summed E-state index contributed by atoms with van der Waals surface area (Å²) in [6.45, 7) is 0. The van der Waals surface area contributed by atoms with Crippen molar-refractivity contribution in [2.75, 3.05) is 0 Å². The van der Waals surface area contributed by atoms with Crippen molar-refractivity contribution in [3.05, 3.63) is 0 Å². The molecule has 3 rings (SSSR count). The Morgan fingerprint density at radius 2 is 1.43 bits per heavy atom. The van der Waals surface area contributed by atoms with Gasteiger partial charge in [-0.05, 0) is 36.5 Å². The third-order valence-corrected chi connectivity index (χ3v) is 3.54. The molecule has 0 nitrogen and oxygen atoms in total. The molecule has 3 saturated carbocycles. The van der Waals surface area contributed by atoms with E-state index < -0.39 is 0 Å². The molecule has 0 atom stereocenters. The Hall–Kier alpha value is 0. The molecule has 0 radical (unpaired) electrons. The molecule has 0 aliphatic heterocycles. The van der Waals surface area contributed by atoms with Gasteiger partial charge in [-0.3, -0.25) is 0 Å². The zero-order valence-electron chi connectivity index (χ0n) is 4.54. The van der Waals surface area contributed by atoms with Crippen molar-refractivity contribution >= 4 is 0 Å². The van der Waals surface area contributed by atoms with Crippen molar-refractivity contribution in [2.45, 2.75) is 32.1 Å². The van der Waals surface area contributed by atoms with Crippen LogP contribution < -0.4 is 0 Å². The number of hydrogen-bond acceptors (Lipinski definition) is 0. The highest BCUT2D eigenvalue weighted by Crippen LogP contribution is 2.93. The summed E-state index contributed by atoms with van der Waals surface area (Å²) in [5.74, 6) is 0. The van der Waals surface area contributed by atoms with Crippen LogP contribution in [-0.4, -0.2) is 0 Å². The van der Waals surface area contributed by atoms with E-state index in [0.29, 0.717) is 0 Å². The van der Waals surface area contributed by atoms with Crippen molar-refractivity contribution in [3.63, 3.8) is 0 Å². The van der Waals surface area contributed by atoms with E-state index in [1.54, 1.807) is 32.1 Å². The lowest BCUT2D eigenvalue weighted by Crippen LogP contribution is -1.90. The largest absolute Gasteiger partial charge is 0.0522 e. The molecule has 0 N–H and O–H groups in total. The molecule has 0 bridgehead atoms. The fourth-order valence-corrected chi connectivity index (χ4v) is 2.80. The quantitative estimate of drug-likeness (QED) is 0.430. The maximum Gasteiger partial charge on any atom is -0.0230 e. The summed E-state index contributed by atoms with van der Waals surface area (Å²) in [5, 5.41) is 0. The monoisotopic (exact) mass is 94.1 g/mol. The van der Waals surface area contributed by atoms with Gasteiger partial charge in [-0.25, -0.2) is 0 Å². The van der Waals surface area contributed by atoms with Gasteiger partial charge in [-0.2, -0.15) is 0 Å². The van der Waals surface area contributed by atoms with Gasteiger partial charge >= 0.3 is 0 Å². The average Bonchev–Trinajstić information content (AvgIpc) is 2.26. The lowest BCUT2D eigenvalue weighted by Gasteiger charge is -2.04. The molecule has 0 saturated heterocycles. The normalized spacial score (nSPS) is 72.0. The van der Waals surface area contributed by atoms with Crippen LogP contribution in [0.25, 0.3) is 0 Å². The van der Waals surface area contributed by atoms with E-state index in [9.17, 15) is 0 Å². The van der Waals surface area contributed by atoms with Crippen molar-refractivity contribution in [3.8, 4) is 0 Å². The van der Waals surface area contributed by atoms with Crippen LogP contribution in [0.4, 0.5) is 0 Å². The highest BCUT2D eigenvalue weighted by Gasteiger charge is 2.83. The summed E-state index contributed by atoms with van der Waals surface area (Å²) in [7, 11) is 0. The highest BCUT2D eigenvalue weighted by atomic mass is 14.9. The van der Waals surface area contributed by atoms with Crippen LogP contribution in [0.1, 0.15) is 32.1 Å². The maximum absolute atomic E-state index is 1.62. The van der Waals surface area contributed by atoms with Gasteiger partial charge in [0, 0.05) is 0 Å². The van der Waals surface area contributed by atoms with Crippen LogP contribution in [0.2, 0.25) is 0 Å². The van der Waals surface area contributed by atoms with E-state index in [2.05, 4.69) is 0 Å². The molecule has 0 heteroatoms. The van der Waals surface area contributed by atoms with Gasteiger partial charge in [0.15, 0.2) is 0 Å². The third-order valence-electron chi connectivity index (χ3n) is 3.54. The summed E-state index contributed by atoms with van der Waals surface area (Å²) in [4.78, 5) is 0. The van der Waals surface area contributed by atoms with Crippen LogP contribution in [0.5, 0.6) is 0 Å². The molecule has 0 aromatic rings. The Morgan fingerprint density at radius 3 is 1.57 bits per heavy atom. The van der Waals surface area contributed by atoms with Crippen molar-refractivity contribution in [1.82, 2.24) is 0 Å². The predicted octanol–water partition coefficient (Wildman–Crippen LogP) is 1.95. The van der Waals surface area contributed by atoms with E-state index in [4.69, 9.17) is 0 Å². The summed E-state index contributed by atoms with van der Waals surface area (Å²) < 4.78 is 0. The van der Waals surface area contributed by atoms with Crippen LogP contribution >= 0.6 is 0 Å². The molecule has 0 aromatic carbocycles. The molecule has 0 unspecified atom stereocenters. The first-order valence-electron chi connectivity index (χ1n) is 3.37. The molecule has 0 aromatic heterocycles. The molecule has 3 aliphatic rings. The van der Waals surface area contributed by atoms with E-state index in [1.165, 1.54) is 0 Å². The van der Waals surface area contributed by atoms with Crippen LogP contribution in [0.3, 0.4) is 0 Å². The minimum atomic E-state index is 1.01. The number of rotatable bonds is 0. The first-order valence-corrected chi connectivity index (χ1v) is 3.37. The smallest absolute Gasteiger partial charge is 0.0230 e. The SMILES string of the molecule is C1CC23CC2(C1)C3. The maximum atomic E-state index is 1.62. The van der Waals surface area contributed by atoms with Crippen LogP contribution in [0, 0.1) is 10.8 Å². The van der Waals surface area contributed by atoms with E-state index in [1.807, 2.05) is 0 Å². The van der Waals surface area contributed by atoms with Crippen LogP contribution in [-0.2, 0) is 0 Å². The van der Waals surface area contributed by atoms with Crippen molar-refractivity contribution < 1.29 is 0 Å². The second-order valence-electron chi connectivity index (χ2n) is 3.77. The molecule has 38 valence electrons. The van der Waals surface area contributed by atoms with Gasteiger partial charge in [0.25, 0.3) is 0 Å². The second-order valence-corrected chi connectivity index (χ2v) is 3.77. The molecule has 3 aliphatic carbocycles. The van der Waals surface area contributed by atoms with E-state index in [0.717, 1.165) is 10.8 Å². The summed E-state index contributed by atoms with van der Waals surface area (Å²) in [6.07, 6.45) is 7.99. The Morgan fingerprint density at radius 1 is 0.857 bits per heavy atom. The molecule has 7 heavy (non-hydrogen) atoms. The molecular formula is C7H10. The molecule has 0 heterocycles. The Labute approximate surface area is 43.9 Å². The zero-order chi connectivity index (χ0) is 4.54. The molecule has 0 amide bonds. The first kappa shape index (κ1) is 3.11. The average molecular weight is 94.2 g/mol. The van der Waals surface area contributed by atoms with Crippen LogP contribution in [0.15, 0.2) is 0 Å². The van der Waals surface area contributed by atoms with Gasteiger partial charge in [-0.1, -0.05) is 6.42 Å². The highest BCUT2D eigenvalue weighted by molar-refractivity contribution is 5.33. The standard InChI is InChI=1S/C7H10/c1-2-6-4-7(6,3-1)5-6/h1-5H2. The summed E-state index contributed by atoms with van der Waals surface area (Å²) in [6, 6.07) is 0. The second kappa shape index (κ2) is 0.519. The van der Waals surface area contributed by atoms with Gasteiger partial charge in [0.05, 0.1) is 0 Å². The van der Waals surface area contributed by atoms with Gasteiger partial charge in [-0.15, -0.1) is 0 Å². The Kier molecular flexibility index (Phi) is 0.231. The van der Waals surface area contributed by atoms with Crippen molar-refractivity contribution in [1.29, 1.82) is 0 Å².